The number of Topliss-reactive ketones (excluding diaryl/α,β-unsaturated/α-hetero) is 1. The molecule has 22 heavy (non-hydrogen) atoms. The summed E-state index contributed by atoms with van der Waals surface area (Å²) in [6.07, 6.45) is 4.94. The average Bonchev–Trinajstić information content (AvgIpc) is 3.08. The minimum atomic E-state index is 0.0478. The maximum Gasteiger partial charge on any atom is 0.231 e. The van der Waals surface area contributed by atoms with E-state index in [9.17, 15) is 4.79 Å². The van der Waals surface area contributed by atoms with Crippen molar-refractivity contribution < 1.29 is 9.53 Å². The second kappa shape index (κ2) is 5.18. The molecule has 110 valence electrons. The molecule has 3 aromatic rings. The lowest BCUT2D eigenvalue weighted by Crippen LogP contribution is -1.94. The third kappa shape index (κ3) is 2.18. The number of hydrogen-bond acceptors (Lipinski definition) is 5. The summed E-state index contributed by atoms with van der Waals surface area (Å²) in [5, 5.41) is 1.05. The molecule has 0 saturated heterocycles. The molecule has 2 aromatic heterocycles. The van der Waals surface area contributed by atoms with E-state index in [1.54, 1.807) is 48.9 Å². The Hall–Kier alpha value is -2.27. The molecule has 0 bridgehead atoms. The maximum atomic E-state index is 11.3. The van der Waals surface area contributed by atoms with E-state index >= 15 is 0 Å². The first-order valence-corrected chi connectivity index (χ1v) is 8.08. The van der Waals surface area contributed by atoms with Crippen LogP contribution < -0.4 is 4.74 Å². The molecular formula is C17H14N2O2S. The molecule has 0 N–H and O–H groups in total. The number of carbonyl (C=O) groups is 1. The van der Waals surface area contributed by atoms with Crippen molar-refractivity contribution in [3.63, 3.8) is 0 Å². The maximum absolute atomic E-state index is 11.3. The number of ketones is 1. The van der Waals surface area contributed by atoms with Gasteiger partial charge in [-0.25, -0.2) is 9.97 Å². The van der Waals surface area contributed by atoms with Gasteiger partial charge in [-0.1, -0.05) is 0 Å². The van der Waals surface area contributed by atoms with Gasteiger partial charge < -0.3 is 4.74 Å². The monoisotopic (exact) mass is 310 g/mol. The number of rotatable bonds is 3. The van der Waals surface area contributed by atoms with Gasteiger partial charge in [0.1, 0.15) is 16.9 Å². The first-order valence-electron chi connectivity index (χ1n) is 7.26. The van der Waals surface area contributed by atoms with Crippen LogP contribution in [0.5, 0.6) is 11.6 Å². The lowest BCUT2D eigenvalue weighted by molar-refractivity contribution is 0.101. The van der Waals surface area contributed by atoms with E-state index in [0.717, 1.165) is 23.1 Å². The van der Waals surface area contributed by atoms with Gasteiger partial charge >= 0.3 is 0 Å². The van der Waals surface area contributed by atoms with Crippen molar-refractivity contribution in [3.05, 3.63) is 46.6 Å². The van der Waals surface area contributed by atoms with Gasteiger partial charge in [0.2, 0.25) is 5.88 Å². The average molecular weight is 310 g/mol. The Morgan fingerprint density at radius 1 is 1.18 bits per heavy atom. The predicted octanol–water partition coefficient (Wildman–Crippen LogP) is 4.17. The van der Waals surface area contributed by atoms with E-state index < -0.39 is 0 Å². The molecule has 0 radical (unpaired) electrons. The highest BCUT2D eigenvalue weighted by Gasteiger charge is 2.22. The number of ether oxygens (including phenoxy) is 1. The lowest BCUT2D eigenvalue weighted by atomic mass is 10.1. The Balaban J connectivity index is 1.73. The molecule has 1 aliphatic rings. The number of thiophene rings is 1. The first kappa shape index (κ1) is 13.4. The molecule has 0 amide bonds. The summed E-state index contributed by atoms with van der Waals surface area (Å²) in [5.74, 6) is 1.34. The van der Waals surface area contributed by atoms with E-state index in [0.29, 0.717) is 17.2 Å². The molecule has 0 atom stereocenters. The number of aromatic nitrogens is 2. The quantitative estimate of drug-likeness (QED) is 0.681. The molecule has 0 unspecified atom stereocenters. The minimum absolute atomic E-state index is 0.0478. The highest BCUT2D eigenvalue weighted by molar-refractivity contribution is 7.18. The molecule has 0 saturated carbocycles. The fourth-order valence-corrected chi connectivity index (χ4v) is 4.07. The van der Waals surface area contributed by atoms with E-state index in [2.05, 4.69) is 9.97 Å². The van der Waals surface area contributed by atoms with Crippen LogP contribution in [-0.4, -0.2) is 15.8 Å². The third-order valence-corrected chi connectivity index (χ3v) is 5.14. The van der Waals surface area contributed by atoms with Crippen molar-refractivity contribution in [1.82, 2.24) is 9.97 Å². The molecule has 0 spiro atoms. The lowest BCUT2D eigenvalue weighted by Gasteiger charge is -2.07. The standard InChI is InChI=1S/C17H14N2O2S/c1-10(20)11-5-7-12(8-6-11)21-16-15-13-3-2-4-14(13)22-17(15)19-9-18-16/h5-9H,2-4H2,1H3. The summed E-state index contributed by atoms with van der Waals surface area (Å²) in [6.45, 7) is 1.55. The zero-order chi connectivity index (χ0) is 15.1. The van der Waals surface area contributed by atoms with Crippen LogP contribution in [0.25, 0.3) is 10.2 Å². The largest absolute Gasteiger partial charge is 0.438 e. The summed E-state index contributed by atoms with van der Waals surface area (Å²) in [4.78, 5) is 22.4. The van der Waals surface area contributed by atoms with Crippen LogP contribution in [0.1, 0.15) is 34.1 Å². The molecule has 2 heterocycles. The molecule has 0 aliphatic heterocycles. The van der Waals surface area contributed by atoms with Gasteiger partial charge in [0, 0.05) is 10.4 Å². The van der Waals surface area contributed by atoms with Crippen LogP contribution in [0.2, 0.25) is 0 Å². The molecule has 1 aromatic carbocycles. The van der Waals surface area contributed by atoms with Crippen molar-refractivity contribution in [3.8, 4) is 11.6 Å². The first-order chi connectivity index (χ1) is 10.7. The number of nitrogens with zero attached hydrogens (tertiary/aromatic N) is 2. The fraction of sp³-hybridized carbons (Fsp3) is 0.235. The number of benzene rings is 1. The SMILES string of the molecule is CC(=O)c1ccc(Oc2ncnc3sc4c(c23)CCC4)cc1. The van der Waals surface area contributed by atoms with Gasteiger partial charge in [-0.3, -0.25) is 4.79 Å². The van der Waals surface area contributed by atoms with Crippen molar-refractivity contribution >= 4 is 27.3 Å². The molecular weight excluding hydrogens is 296 g/mol. The number of hydrogen-bond donors (Lipinski definition) is 0. The number of carbonyl (C=O) groups excluding carboxylic acids is 1. The summed E-state index contributed by atoms with van der Waals surface area (Å²) in [7, 11) is 0. The Morgan fingerprint density at radius 2 is 2.00 bits per heavy atom. The molecule has 4 rings (SSSR count). The van der Waals surface area contributed by atoms with E-state index in [4.69, 9.17) is 4.74 Å². The molecule has 4 nitrogen and oxygen atoms in total. The Kier molecular flexibility index (Phi) is 3.15. The second-order valence-electron chi connectivity index (χ2n) is 5.40. The predicted molar refractivity (Wildman–Crippen MR) is 86.0 cm³/mol. The smallest absolute Gasteiger partial charge is 0.231 e. The second-order valence-corrected chi connectivity index (χ2v) is 6.48. The van der Waals surface area contributed by atoms with Crippen LogP contribution in [-0.2, 0) is 12.8 Å². The van der Waals surface area contributed by atoms with Crippen LogP contribution >= 0.6 is 11.3 Å². The minimum Gasteiger partial charge on any atom is -0.438 e. The Bertz CT molecular complexity index is 868. The summed E-state index contributed by atoms with van der Waals surface area (Å²) in [5.41, 5.74) is 2.02. The summed E-state index contributed by atoms with van der Waals surface area (Å²) in [6, 6.07) is 7.15. The zero-order valence-electron chi connectivity index (χ0n) is 12.1. The zero-order valence-corrected chi connectivity index (χ0v) is 12.9. The van der Waals surface area contributed by atoms with Gasteiger partial charge in [-0.15, -0.1) is 11.3 Å². The van der Waals surface area contributed by atoms with Crippen LogP contribution in [0.3, 0.4) is 0 Å². The Morgan fingerprint density at radius 3 is 2.77 bits per heavy atom. The third-order valence-electron chi connectivity index (χ3n) is 3.94. The van der Waals surface area contributed by atoms with Gasteiger partial charge in [0.15, 0.2) is 5.78 Å². The topological polar surface area (TPSA) is 52.1 Å². The summed E-state index contributed by atoms with van der Waals surface area (Å²) >= 11 is 1.74. The van der Waals surface area contributed by atoms with Gasteiger partial charge in [0.05, 0.1) is 5.39 Å². The molecule has 1 aliphatic carbocycles. The van der Waals surface area contributed by atoms with Crippen LogP contribution in [0.15, 0.2) is 30.6 Å². The highest BCUT2D eigenvalue weighted by atomic mass is 32.1. The van der Waals surface area contributed by atoms with Gasteiger partial charge in [-0.05, 0) is 56.0 Å². The number of aryl methyl sites for hydroxylation is 2. The molecule has 0 fully saturated rings. The van der Waals surface area contributed by atoms with Crippen LogP contribution in [0, 0.1) is 0 Å². The normalized spacial score (nSPS) is 13.3. The van der Waals surface area contributed by atoms with Gasteiger partial charge in [-0.2, -0.15) is 0 Å². The molecule has 5 heteroatoms. The highest BCUT2D eigenvalue weighted by Crippen LogP contribution is 2.40. The van der Waals surface area contributed by atoms with E-state index in [-0.39, 0.29) is 5.78 Å². The van der Waals surface area contributed by atoms with E-state index in [1.165, 1.54) is 16.9 Å². The van der Waals surface area contributed by atoms with Crippen LogP contribution in [0.4, 0.5) is 0 Å². The summed E-state index contributed by atoms with van der Waals surface area (Å²) < 4.78 is 5.95. The van der Waals surface area contributed by atoms with Crippen molar-refractivity contribution in [1.29, 1.82) is 0 Å². The van der Waals surface area contributed by atoms with E-state index in [1.807, 2.05) is 0 Å². The fourth-order valence-electron chi connectivity index (χ4n) is 2.85. The Labute approximate surface area is 131 Å². The number of fused-ring (bicyclic) bond motifs is 3. The van der Waals surface area contributed by atoms with Gasteiger partial charge in [0.25, 0.3) is 0 Å². The van der Waals surface area contributed by atoms with Crippen molar-refractivity contribution in [2.24, 2.45) is 0 Å². The van der Waals surface area contributed by atoms with Crippen molar-refractivity contribution in [2.45, 2.75) is 26.2 Å². The van der Waals surface area contributed by atoms with Crippen molar-refractivity contribution in [2.75, 3.05) is 0 Å².